The van der Waals surface area contributed by atoms with E-state index < -0.39 is 18.0 Å². The van der Waals surface area contributed by atoms with E-state index >= 15 is 0 Å². The minimum absolute atomic E-state index is 0.405. The number of rotatable bonds is 4. The Balaban J connectivity index is 1.94. The molecule has 1 aromatic carbocycles. The molecule has 104 valence electrons. The fourth-order valence-corrected chi connectivity index (χ4v) is 2.27. The van der Waals surface area contributed by atoms with Crippen molar-refractivity contribution in [1.29, 1.82) is 0 Å². The Morgan fingerprint density at radius 3 is 2.75 bits per heavy atom. The number of carbonyl (C=O) groups is 2. The second-order valence-corrected chi connectivity index (χ2v) is 5.41. The minimum Gasteiger partial charge on any atom is -0.448 e. The summed E-state index contributed by atoms with van der Waals surface area (Å²) in [6, 6.07) is 10.1. The molecule has 2 aromatic rings. The number of esters is 1. The predicted molar refractivity (Wildman–Crippen MR) is 79.3 cm³/mol. The molecule has 1 amide bonds. The first kappa shape index (κ1) is 14.6. The normalized spacial score (nSPS) is 11.7. The number of amides is 1. The molecule has 1 unspecified atom stereocenters. The molecule has 20 heavy (non-hydrogen) atoms. The van der Waals surface area contributed by atoms with Gasteiger partial charge >= 0.3 is 5.97 Å². The van der Waals surface area contributed by atoms with Crippen LogP contribution in [0.15, 0.2) is 41.8 Å². The van der Waals surface area contributed by atoms with Gasteiger partial charge in [-0.05, 0) is 36.6 Å². The standard InChI is InChI=1S/C14H12ClNO3S/c1-9(19-14(18)12-6-3-7-20-12)13(17)16-11-5-2-4-10(15)8-11/h2-9H,1H3,(H,16,17). The number of thiophene rings is 1. The van der Waals surface area contributed by atoms with Crippen molar-refractivity contribution < 1.29 is 14.3 Å². The maximum atomic E-state index is 11.9. The van der Waals surface area contributed by atoms with Crippen LogP contribution < -0.4 is 5.32 Å². The second kappa shape index (κ2) is 6.54. The zero-order valence-corrected chi connectivity index (χ0v) is 12.2. The van der Waals surface area contributed by atoms with Gasteiger partial charge in [-0.25, -0.2) is 4.79 Å². The number of benzene rings is 1. The molecule has 1 atom stereocenters. The third-order valence-corrected chi connectivity index (χ3v) is 3.55. The highest BCUT2D eigenvalue weighted by Crippen LogP contribution is 2.16. The van der Waals surface area contributed by atoms with Crippen LogP contribution >= 0.6 is 22.9 Å². The lowest BCUT2D eigenvalue weighted by molar-refractivity contribution is -0.123. The fraction of sp³-hybridized carbons (Fsp3) is 0.143. The molecular formula is C14H12ClNO3S. The van der Waals surface area contributed by atoms with Crippen LogP contribution in [0.2, 0.25) is 5.02 Å². The van der Waals surface area contributed by atoms with Crippen LogP contribution in [-0.4, -0.2) is 18.0 Å². The van der Waals surface area contributed by atoms with Gasteiger partial charge in [0.05, 0.1) is 0 Å². The zero-order chi connectivity index (χ0) is 14.5. The van der Waals surface area contributed by atoms with E-state index in [4.69, 9.17) is 16.3 Å². The van der Waals surface area contributed by atoms with Gasteiger partial charge in [-0.1, -0.05) is 23.7 Å². The smallest absolute Gasteiger partial charge is 0.349 e. The van der Waals surface area contributed by atoms with E-state index in [0.29, 0.717) is 15.6 Å². The van der Waals surface area contributed by atoms with E-state index in [2.05, 4.69) is 5.32 Å². The predicted octanol–water partition coefficient (Wildman–Crippen LogP) is 3.59. The molecule has 2 rings (SSSR count). The highest BCUT2D eigenvalue weighted by atomic mass is 35.5. The van der Waals surface area contributed by atoms with Crippen molar-refractivity contribution in [2.75, 3.05) is 5.32 Å². The van der Waals surface area contributed by atoms with Crippen LogP contribution in [0.1, 0.15) is 16.6 Å². The van der Waals surface area contributed by atoms with Crippen molar-refractivity contribution >= 4 is 40.5 Å². The van der Waals surface area contributed by atoms with E-state index in [9.17, 15) is 9.59 Å². The first-order valence-electron chi connectivity index (χ1n) is 5.87. The number of carbonyl (C=O) groups excluding carboxylic acids is 2. The number of nitrogens with one attached hydrogen (secondary N) is 1. The molecule has 6 heteroatoms. The Morgan fingerprint density at radius 2 is 2.10 bits per heavy atom. The van der Waals surface area contributed by atoms with Crippen molar-refractivity contribution in [3.63, 3.8) is 0 Å². The van der Waals surface area contributed by atoms with Gasteiger partial charge in [0.1, 0.15) is 4.88 Å². The van der Waals surface area contributed by atoms with Crippen molar-refractivity contribution in [3.05, 3.63) is 51.7 Å². The molecule has 4 nitrogen and oxygen atoms in total. The van der Waals surface area contributed by atoms with Crippen molar-refractivity contribution in [3.8, 4) is 0 Å². The van der Waals surface area contributed by atoms with Crippen LogP contribution in [0.5, 0.6) is 0 Å². The third kappa shape index (κ3) is 3.82. The first-order chi connectivity index (χ1) is 9.56. The number of ether oxygens (including phenoxy) is 1. The quantitative estimate of drug-likeness (QED) is 0.878. The summed E-state index contributed by atoms with van der Waals surface area (Å²) in [5, 5.41) is 4.93. The molecule has 0 spiro atoms. The maximum absolute atomic E-state index is 11.9. The van der Waals surface area contributed by atoms with Gasteiger partial charge in [-0.2, -0.15) is 0 Å². The lowest BCUT2D eigenvalue weighted by Crippen LogP contribution is -2.29. The van der Waals surface area contributed by atoms with Gasteiger partial charge in [0, 0.05) is 10.7 Å². The van der Waals surface area contributed by atoms with Gasteiger partial charge in [0.15, 0.2) is 6.10 Å². The van der Waals surface area contributed by atoms with E-state index in [1.165, 1.54) is 18.3 Å². The summed E-state index contributed by atoms with van der Waals surface area (Å²) in [6.45, 7) is 1.52. The monoisotopic (exact) mass is 309 g/mol. The van der Waals surface area contributed by atoms with Gasteiger partial charge < -0.3 is 10.1 Å². The Labute approximate surface area is 125 Å². The first-order valence-corrected chi connectivity index (χ1v) is 7.13. The number of hydrogen-bond donors (Lipinski definition) is 1. The van der Waals surface area contributed by atoms with Crippen molar-refractivity contribution in [1.82, 2.24) is 0 Å². The molecule has 0 radical (unpaired) electrons. The van der Waals surface area contributed by atoms with Crippen LogP contribution in [-0.2, 0) is 9.53 Å². The average molecular weight is 310 g/mol. The highest BCUT2D eigenvalue weighted by molar-refractivity contribution is 7.11. The molecule has 0 saturated heterocycles. The van der Waals surface area contributed by atoms with Crippen LogP contribution in [0.25, 0.3) is 0 Å². The van der Waals surface area contributed by atoms with Gasteiger partial charge in [0.25, 0.3) is 5.91 Å². The Morgan fingerprint density at radius 1 is 1.30 bits per heavy atom. The highest BCUT2D eigenvalue weighted by Gasteiger charge is 2.19. The molecule has 1 aromatic heterocycles. The summed E-state index contributed by atoms with van der Waals surface area (Å²) < 4.78 is 5.09. The molecule has 0 aliphatic heterocycles. The van der Waals surface area contributed by atoms with E-state index in [0.717, 1.165) is 0 Å². The minimum atomic E-state index is -0.886. The molecular weight excluding hydrogens is 298 g/mol. The van der Waals surface area contributed by atoms with Crippen LogP contribution in [0.4, 0.5) is 5.69 Å². The lowest BCUT2D eigenvalue weighted by Gasteiger charge is -2.13. The Kier molecular flexibility index (Phi) is 4.76. The zero-order valence-electron chi connectivity index (χ0n) is 10.6. The summed E-state index contributed by atoms with van der Waals surface area (Å²) in [5.41, 5.74) is 0.557. The lowest BCUT2D eigenvalue weighted by atomic mass is 10.3. The third-order valence-electron chi connectivity index (χ3n) is 2.47. The van der Waals surface area contributed by atoms with Crippen LogP contribution in [0, 0.1) is 0 Å². The number of anilines is 1. The summed E-state index contributed by atoms with van der Waals surface area (Å²) >= 11 is 7.09. The second-order valence-electron chi connectivity index (χ2n) is 4.02. The summed E-state index contributed by atoms with van der Waals surface area (Å²) in [6.07, 6.45) is -0.886. The fourth-order valence-electron chi connectivity index (χ4n) is 1.48. The number of halogens is 1. The molecule has 0 aliphatic carbocycles. The van der Waals surface area contributed by atoms with E-state index in [-0.39, 0.29) is 0 Å². The van der Waals surface area contributed by atoms with Crippen molar-refractivity contribution in [2.45, 2.75) is 13.0 Å². The van der Waals surface area contributed by atoms with Crippen molar-refractivity contribution in [2.24, 2.45) is 0 Å². The average Bonchev–Trinajstić information content (AvgIpc) is 2.92. The van der Waals surface area contributed by atoms with E-state index in [1.54, 1.807) is 41.8 Å². The van der Waals surface area contributed by atoms with E-state index in [1.807, 2.05) is 0 Å². The molecule has 0 bridgehead atoms. The molecule has 1 heterocycles. The Bertz CT molecular complexity index is 613. The molecule has 1 N–H and O–H groups in total. The molecule has 0 aliphatic rings. The molecule has 0 saturated carbocycles. The molecule has 0 fully saturated rings. The summed E-state index contributed by atoms with van der Waals surface area (Å²) in [4.78, 5) is 24.1. The largest absolute Gasteiger partial charge is 0.448 e. The maximum Gasteiger partial charge on any atom is 0.349 e. The SMILES string of the molecule is CC(OC(=O)c1cccs1)C(=O)Nc1cccc(Cl)c1. The number of hydrogen-bond acceptors (Lipinski definition) is 4. The van der Waals surface area contributed by atoms with Gasteiger partial charge in [-0.15, -0.1) is 11.3 Å². The Hall–Kier alpha value is -1.85. The van der Waals surface area contributed by atoms with Crippen LogP contribution in [0.3, 0.4) is 0 Å². The summed E-state index contributed by atoms with van der Waals surface area (Å²) in [5.74, 6) is -0.911. The summed E-state index contributed by atoms with van der Waals surface area (Å²) in [7, 11) is 0. The van der Waals surface area contributed by atoms with Gasteiger partial charge in [0.2, 0.25) is 0 Å². The topological polar surface area (TPSA) is 55.4 Å². The van der Waals surface area contributed by atoms with Gasteiger partial charge in [-0.3, -0.25) is 4.79 Å².